The molecule has 1 aromatic heterocycles. The average molecular weight is 363 g/mol. The Morgan fingerprint density at radius 3 is 2.68 bits per heavy atom. The first-order chi connectivity index (χ1) is 12.1. The van der Waals surface area contributed by atoms with E-state index in [9.17, 15) is 9.18 Å². The molecule has 0 aliphatic carbocycles. The highest BCUT2D eigenvalue weighted by atomic mass is 35.5. The minimum absolute atomic E-state index is 0.0259. The number of amides is 1. The lowest BCUT2D eigenvalue weighted by Gasteiger charge is -2.34. The van der Waals surface area contributed by atoms with Crippen LogP contribution in [0.2, 0.25) is 5.02 Å². The van der Waals surface area contributed by atoms with Crippen LogP contribution in [0.25, 0.3) is 0 Å². The van der Waals surface area contributed by atoms with Gasteiger partial charge in [-0.25, -0.2) is 9.37 Å². The van der Waals surface area contributed by atoms with E-state index < -0.39 is 5.82 Å². The Kier molecular flexibility index (Phi) is 5.50. The molecule has 132 valence electrons. The number of carbonyl (C=O) groups excluding carboxylic acids is 1. The van der Waals surface area contributed by atoms with Gasteiger partial charge in [0.05, 0.1) is 5.02 Å². The van der Waals surface area contributed by atoms with Crippen molar-refractivity contribution < 1.29 is 9.18 Å². The third kappa shape index (κ3) is 4.27. The second kappa shape index (κ2) is 7.80. The number of pyridine rings is 1. The Morgan fingerprint density at radius 2 is 2.00 bits per heavy atom. The summed E-state index contributed by atoms with van der Waals surface area (Å²) in [6.45, 7) is 6.95. The number of halogens is 2. The van der Waals surface area contributed by atoms with Crippen molar-refractivity contribution in [2.75, 3.05) is 42.9 Å². The maximum atomic E-state index is 13.2. The number of hydrogen-bond donors (Lipinski definition) is 1. The summed E-state index contributed by atoms with van der Waals surface area (Å²) in [6.07, 6.45) is 1.63. The van der Waals surface area contributed by atoms with Gasteiger partial charge in [0.15, 0.2) is 0 Å². The minimum atomic E-state index is -0.517. The fraction of sp³-hybridized carbons (Fsp3) is 0.333. The second-order valence-corrected chi connectivity index (χ2v) is 6.31. The van der Waals surface area contributed by atoms with Crippen molar-refractivity contribution in [1.82, 2.24) is 9.88 Å². The van der Waals surface area contributed by atoms with E-state index in [-0.39, 0.29) is 10.9 Å². The largest absolute Gasteiger partial charge is 0.354 e. The molecular weight excluding hydrogens is 343 g/mol. The number of carbonyl (C=O) groups is 1. The SMILES string of the molecule is CCN1CCN(c2cc(C(=O)Nc3ccc(F)c(Cl)c3)ccn2)CC1. The van der Waals surface area contributed by atoms with Crippen molar-refractivity contribution in [3.63, 3.8) is 0 Å². The van der Waals surface area contributed by atoms with Gasteiger partial charge in [-0.3, -0.25) is 4.79 Å². The molecule has 2 aromatic rings. The predicted molar refractivity (Wildman–Crippen MR) is 97.9 cm³/mol. The van der Waals surface area contributed by atoms with Gasteiger partial charge >= 0.3 is 0 Å². The number of nitrogens with one attached hydrogen (secondary N) is 1. The Hall–Kier alpha value is -2.18. The molecule has 1 N–H and O–H groups in total. The van der Waals surface area contributed by atoms with Gasteiger partial charge in [-0.15, -0.1) is 0 Å². The van der Waals surface area contributed by atoms with E-state index in [2.05, 4.69) is 27.0 Å². The summed E-state index contributed by atoms with van der Waals surface area (Å²) < 4.78 is 13.2. The van der Waals surface area contributed by atoms with Gasteiger partial charge in [-0.2, -0.15) is 0 Å². The molecule has 0 bridgehead atoms. The molecule has 1 aromatic carbocycles. The smallest absolute Gasteiger partial charge is 0.255 e. The van der Waals surface area contributed by atoms with Crippen molar-refractivity contribution in [3.05, 3.63) is 52.9 Å². The molecule has 0 spiro atoms. The lowest BCUT2D eigenvalue weighted by Crippen LogP contribution is -2.46. The molecule has 5 nitrogen and oxygen atoms in total. The van der Waals surface area contributed by atoms with Crippen LogP contribution in [0.1, 0.15) is 17.3 Å². The maximum absolute atomic E-state index is 13.2. The predicted octanol–water partition coefficient (Wildman–Crippen LogP) is 3.27. The quantitative estimate of drug-likeness (QED) is 0.906. The first kappa shape index (κ1) is 17.6. The molecule has 0 unspecified atom stereocenters. The van der Waals surface area contributed by atoms with Crippen molar-refractivity contribution >= 4 is 29.0 Å². The molecule has 0 radical (unpaired) electrons. The normalized spacial score (nSPS) is 15.2. The van der Waals surface area contributed by atoms with Crippen LogP contribution in [0.4, 0.5) is 15.9 Å². The summed E-state index contributed by atoms with van der Waals surface area (Å²) in [7, 11) is 0. The third-order valence-electron chi connectivity index (χ3n) is 4.33. The Bertz CT molecular complexity index is 762. The summed E-state index contributed by atoms with van der Waals surface area (Å²) in [5, 5.41) is 2.70. The number of piperazine rings is 1. The highest BCUT2D eigenvalue weighted by Crippen LogP contribution is 2.21. The van der Waals surface area contributed by atoms with E-state index >= 15 is 0 Å². The Balaban J connectivity index is 1.70. The number of hydrogen-bond acceptors (Lipinski definition) is 4. The van der Waals surface area contributed by atoms with Gasteiger partial charge in [0, 0.05) is 43.6 Å². The zero-order valence-electron chi connectivity index (χ0n) is 14.0. The summed E-state index contributed by atoms with van der Waals surface area (Å²) in [6, 6.07) is 7.53. The zero-order chi connectivity index (χ0) is 17.8. The highest BCUT2D eigenvalue weighted by Gasteiger charge is 2.18. The summed E-state index contributed by atoms with van der Waals surface area (Å²) in [5.74, 6) is -0.00357. The van der Waals surface area contributed by atoms with Gasteiger partial charge in [0.2, 0.25) is 0 Å². The van der Waals surface area contributed by atoms with E-state index in [1.807, 2.05) is 0 Å². The van der Waals surface area contributed by atoms with Crippen LogP contribution >= 0.6 is 11.6 Å². The van der Waals surface area contributed by atoms with Gasteiger partial charge in [-0.1, -0.05) is 18.5 Å². The summed E-state index contributed by atoms with van der Waals surface area (Å²) >= 11 is 5.75. The van der Waals surface area contributed by atoms with E-state index in [1.165, 1.54) is 18.2 Å². The van der Waals surface area contributed by atoms with E-state index in [0.717, 1.165) is 38.5 Å². The van der Waals surface area contributed by atoms with E-state index in [1.54, 1.807) is 18.3 Å². The lowest BCUT2D eigenvalue weighted by atomic mass is 10.2. The van der Waals surface area contributed by atoms with Crippen LogP contribution in [-0.2, 0) is 0 Å². The van der Waals surface area contributed by atoms with Gasteiger partial charge in [-0.05, 0) is 36.9 Å². The molecule has 1 saturated heterocycles. The van der Waals surface area contributed by atoms with Crippen LogP contribution in [-0.4, -0.2) is 48.5 Å². The van der Waals surface area contributed by atoms with Gasteiger partial charge in [0.25, 0.3) is 5.91 Å². The average Bonchev–Trinajstić information content (AvgIpc) is 2.65. The third-order valence-corrected chi connectivity index (χ3v) is 4.62. The van der Waals surface area contributed by atoms with Crippen molar-refractivity contribution in [2.24, 2.45) is 0 Å². The fourth-order valence-electron chi connectivity index (χ4n) is 2.80. The first-order valence-electron chi connectivity index (χ1n) is 8.26. The van der Waals surface area contributed by atoms with Crippen LogP contribution < -0.4 is 10.2 Å². The van der Waals surface area contributed by atoms with E-state index in [0.29, 0.717) is 11.3 Å². The van der Waals surface area contributed by atoms with Crippen molar-refractivity contribution in [2.45, 2.75) is 6.92 Å². The summed E-state index contributed by atoms with van der Waals surface area (Å²) in [4.78, 5) is 21.4. The zero-order valence-corrected chi connectivity index (χ0v) is 14.8. The molecule has 1 amide bonds. The second-order valence-electron chi connectivity index (χ2n) is 5.91. The molecule has 1 fully saturated rings. The van der Waals surface area contributed by atoms with Crippen molar-refractivity contribution in [3.8, 4) is 0 Å². The fourth-order valence-corrected chi connectivity index (χ4v) is 2.98. The van der Waals surface area contributed by atoms with Crippen LogP contribution in [0.15, 0.2) is 36.5 Å². The number of rotatable bonds is 4. The number of nitrogens with zero attached hydrogens (tertiary/aromatic N) is 3. The van der Waals surface area contributed by atoms with Crippen LogP contribution in [0.3, 0.4) is 0 Å². The molecular formula is C18H20ClFN4O. The molecule has 0 atom stereocenters. The molecule has 7 heteroatoms. The maximum Gasteiger partial charge on any atom is 0.255 e. The summed E-state index contributed by atoms with van der Waals surface area (Å²) in [5.41, 5.74) is 0.953. The molecule has 1 aliphatic rings. The van der Waals surface area contributed by atoms with Gasteiger partial charge < -0.3 is 15.1 Å². The lowest BCUT2D eigenvalue weighted by molar-refractivity contribution is 0.102. The number of anilines is 2. The van der Waals surface area contributed by atoms with E-state index in [4.69, 9.17) is 11.6 Å². The number of benzene rings is 1. The molecule has 2 heterocycles. The minimum Gasteiger partial charge on any atom is -0.354 e. The number of likely N-dealkylation sites (N-methyl/N-ethyl adjacent to an activating group) is 1. The molecule has 0 saturated carbocycles. The van der Waals surface area contributed by atoms with Crippen molar-refractivity contribution in [1.29, 1.82) is 0 Å². The molecule has 3 rings (SSSR count). The number of aromatic nitrogens is 1. The topological polar surface area (TPSA) is 48.5 Å². The Morgan fingerprint density at radius 1 is 1.24 bits per heavy atom. The molecule has 1 aliphatic heterocycles. The van der Waals surface area contributed by atoms with Gasteiger partial charge in [0.1, 0.15) is 11.6 Å². The van der Waals surface area contributed by atoms with Crippen LogP contribution in [0, 0.1) is 5.82 Å². The molecule has 25 heavy (non-hydrogen) atoms. The monoisotopic (exact) mass is 362 g/mol. The highest BCUT2D eigenvalue weighted by molar-refractivity contribution is 6.31. The standard InChI is InChI=1S/C18H20ClFN4O/c1-2-23-7-9-24(10-8-23)17-11-13(5-6-21-17)18(25)22-14-3-4-16(20)15(19)12-14/h3-6,11-12H,2,7-10H2,1H3,(H,22,25). The van der Waals surface area contributed by atoms with Crippen LogP contribution in [0.5, 0.6) is 0 Å². The first-order valence-corrected chi connectivity index (χ1v) is 8.64. The Labute approximate surface area is 151 Å².